The number of aromatic nitrogens is 3. The van der Waals surface area contributed by atoms with E-state index in [0.29, 0.717) is 30.0 Å². The Morgan fingerprint density at radius 3 is 2.92 bits per heavy atom. The molecular weight excluding hydrogens is 342 g/mol. The third kappa shape index (κ3) is 4.85. The molecule has 3 rings (SSSR count). The second kappa shape index (κ2) is 7.73. The molecule has 3 N–H and O–H groups in total. The zero-order valence-electron chi connectivity index (χ0n) is 14.0. The maximum absolute atomic E-state index is 12.2. The summed E-state index contributed by atoms with van der Waals surface area (Å²) >= 11 is 1.34. The highest BCUT2D eigenvalue weighted by Gasteiger charge is 2.27. The first-order chi connectivity index (χ1) is 12.0. The fraction of sp³-hybridized carbons (Fsp3) is 0.500. The Morgan fingerprint density at radius 2 is 2.28 bits per heavy atom. The Morgan fingerprint density at radius 1 is 1.48 bits per heavy atom. The van der Waals surface area contributed by atoms with Crippen molar-refractivity contribution in [2.24, 2.45) is 5.73 Å². The first kappa shape index (κ1) is 17.5. The van der Waals surface area contributed by atoms with Gasteiger partial charge in [0.2, 0.25) is 11.8 Å². The normalized spacial score (nSPS) is 15.1. The van der Waals surface area contributed by atoms with Gasteiger partial charge in [0.1, 0.15) is 11.6 Å². The molecule has 8 nitrogen and oxygen atoms in total. The molecule has 134 valence electrons. The monoisotopic (exact) mass is 363 g/mol. The average Bonchev–Trinajstić information content (AvgIpc) is 3.09. The number of primary amides is 1. The minimum Gasteiger partial charge on any atom is -0.467 e. The molecule has 2 aromatic heterocycles. The number of hydrogen-bond acceptors (Lipinski definition) is 6. The fourth-order valence-electron chi connectivity index (χ4n) is 2.30. The molecule has 1 unspecified atom stereocenters. The molecule has 0 bridgehead atoms. The first-order valence-corrected chi connectivity index (χ1v) is 9.10. The molecule has 0 aromatic carbocycles. The van der Waals surface area contributed by atoms with Crippen LogP contribution < -0.4 is 11.1 Å². The Hall–Kier alpha value is -2.29. The summed E-state index contributed by atoms with van der Waals surface area (Å²) in [4.78, 5) is 23.3. The zero-order chi connectivity index (χ0) is 17.8. The number of rotatable bonds is 9. The van der Waals surface area contributed by atoms with Crippen LogP contribution >= 0.6 is 11.8 Å². The number of nitrogens with two attached hydrogens (primary N) is 1. The molecule has 2 aromatic rings. The van der Waals surface area contributed by atoms with E-state index in [-0.39, 0.29) is 23.5 Å². The van der Waals surface area contributed by atoms with Crippen molar-refractivity contribution in [1.29, 1.82) is 0 Å². The van der Waals surface area contributed by atoms with Gasteiger partial charge in [0, 0.05) is 18.9 Å². The van der Waals surface area contributed by atoms with E-state index >= 15 is 0 Å². The van der Waals surface area contributed by atoms with Crippen LogP contribution in [0.25, 0.3) is 0 Å². The van der Waals surface area contributed by atoms with E-state index in [1.54, 1.807) is 12.3 Å². The molecule has 1 aliphatic rings. The van der Waals surface area contributed by atoms with Crippen LogP contribution in [0, 0.1) is 0 Å². The Kier molecular flexibility index (Phi) is 5.42. The lowest BCUT2D eigenvalue weighted by Gasteiger charge is -2.12. The highest BCUT2D eigenvalue weighted by molar-refractivity contribution is 8.00. The van der Waals surface area contributed by atoms with Gasteiger partial charge in [-0.1, -0.05) is 11.8 Å². The number of carbonyl (C=O) groups is 2. The molecule has 0 spiro atoms. The van der Waals surface area contributed by atoms with E-state index in [9.17, 15) is 9.59 Å². The highest BCUT2D eigenvalue weighted by Crippen LogP contribution is 2.26. The summed E-state index contributed by atoms with van der Waals surface area (Å²) in [5.41, 5.74) is 5.23. The number of thioether (sulfide) groups is 1. The van der Waals surface area contributed by atoms with Crippen molar-refractivity contribution < 1.29 is 14.0 Å². The predicted molar refractivity (Wildman–Crippen MR) is 91.8 cm³/mol. The molecule has 0 radical (unpaired) electrons. The van der Waals surface area contributed by atoms with Crippen molar-refractivity contribution in [2.75, 3.05) is 0 Å². The first-order valence-electron chi connectivity index (χ1n) is 8.22. The molecule has 1 saturated carbocycles. The number of nitrogens with zero attached hydrogens (tertiary/aromatic N) is 3. The largest absolute Gasteiger partial charge is 0.467 e. The molecule has 0 aliphatic heterocycles. The topological polar surface area (TPSA) is 116 Å². The number of nitrogens with one attached hydrogen (secondary N) is 1. The Bertz CT molecular complexity index is 739. The van der Waals surface area contributed by atoms with Crippen LogP contribution in [0.5, 0.6) is 0 Å². The Balaban J connectivity index is 1.74. The molecule has 0 saturated heterocycles. The van der Waals surface area contributed by atoms with E-state index in [1.807, 2.05) is 17.6 Å². The van der Waals surface area contributed by atoms with E-state index in [1.165, 1.54) is 11.8 Å². The van der Waals surface area contributed by atoms with Crippen LogP contribution in [-0.2, 0) is 22.6 Å². The van der Waals surface area contributed by atoms with Gasteiger partial charge >= 0.3 is 0 Å². The zero-order valence-corrected chi connectivity index (χ0v) is 14.8. The highest BCUT2D eigenvalue weighted by atomic mass is 32.2. The summed E-state index contributed by atoms with van der Waals surface area (Å²) in [6.45, 7) is 2.28. The van der Waals surface area contributed by atoms with Gasteiger partial charge in [-0.2, -0.15) is 0 Å². The van der Waals surface area contributed by atoms with E-state index < -0.39 is 0 Å². The van der Waals surface area contributed by atoms with Crippen molar-refractivity contribution in [2.45, 2.75) is 55.6 Å². The standard InChI is InChI=1S/C16H21N5O3S/c1-10(15(23)18-11-4-5-11)25-16-20-19-14(7-6-13(17)22)21(16)9-12-3-2-8-24-12/h2-3,8,10-11H,4-7,9H2,1H3,(H2,17,22)(H,18,23). The van der Waals surface area contributed by atoms with E-state index in [0.717, 1.165) is 18.6 Å². The number of amides is 2. The summed E-state index contributed by atoms with van der Waals surface area (Å²) in [5.74, 6) is 1.00. The van der Waals surface area contributed by atoms with Crippen LogP contribution in [0.3, 0.4) is 0 Å². The van der Waals surface area contributed by atoms with Gasteiger partial charge in [0.15, 0.2) is 5.16 Å². The average molecular weight is 363 g/mol. The van der Waals surface area contributed by atoms with Crippen molar-refractivity contribution >= 4 is 23.6 Å². The second-order valence-electron chi connectivity index (χ2n) is 6.07. The molecule has 1 aliphatic carbocycles. The van der Waals surface area contributed by atoms with Crippen LogP contribution in [0.4, 0.5) is 0 Å². The van der Waals surface area contributed by atoms with Crippen molar-refractivity contribution in [1.82, 2.24) is 20.1 Å². The van der Waals surface area contributed by atoms with Crippen LogP contribution in [0.15, 0.2) is 28.0 Å². The smallest absolute Gasteiger partial charge is 0.233 e. The van der Waals surface area contributed by atoms with Gasteiger partial charge in [0.25, 0.3) is 0 Å². The third-order valence-corrected chi connectivity index (χ3v) is 4.94. The van der Waals surface area contributed by atoms with Crippen molar-refractivity contribution in [3.63, 3.8) is 0 Å². The van der Waals surface area contributed by atoms with Gasteiger partial charge in [0.05, 0.1) is 18.1 Å². The fourth-order valence-corrected chi connectivity index (χ4v) is 3.18. The van der Waals surface area contributed by atoms with Gasteiger partial charge in [-0.25, -0.2) is 0 Å². The van der Waals surface area contributed by atoms with Crippen molar-refractivity contribution in [3.8, 4) is 0 Å². The molecule has 2 heterocycles. The van der Waals surface area contributed by atoms with E-state index in [4.69, 9.17) is 10.2 Å². The number of hydrogen-bond donors (Lipinski definition) is 2. The summed E-state index contributed by atoms with van der Waals surface area (Å²) < 4.78 is 7.27. The maximum atomic E-state index is 12.2. The Labute approximate surface area is 149 Å². The number of furan rings is 1. The number of aryl methyl sites for hydroxylation is 1. The summed E-state index contributed by atoms with van der Waals surface area (Å²) in [7, 11) is 0. The minimum absolute atomic E-state index is 0.00117. The molecular formula is C16H21N5O3S. The maximum Gasteiger partial charge on any atom is 0.233 e. The van der Waals surface area contributed by atoms with Crippen molar-refractivity contribution in [3.05, 3.63) is 30.0 Å². The minimum atomic E-state index is -0.390. The molecule has 25 heavy (non-hydrogen) atoms. The molecule has 2 amide bonds. The van der Waals surface area contributed by atoms with Gasteiger partial charge in [-0.15, -0.1) is 10.2 Å². The summed E-state index contributed by atoms with van der Waals surface area (Å²) in [6.07, 6.45) is 4.29. The van der Waals surface area contributed by atoms with E-state index in [2.05, 4.69) is 15.5 Å². The lowest BCUT2D eigenvalue weighted by molar-refractivity contribution is -0.120. The lowest BCUT2D eigenvalue weighted by atomic mass is 10.3. The van der Waals surface area contributed by atoms with Crippen LogP contribution in [-0.4, -0.2) is 37.9 Å². The third-order valence-electron chi connectivity index (χ3n) is 3.86. The molecule has 1 fully saturated rings. The summed E-state index contributed by atoms with van der Waals surface area (Å²) in [5, 5.41) is 11.7. The lowest BCUT2D eigenvalue weighted by Crippen LogP contribution is -2.32. The SMILES string of the molecule is CC(Sc1nnc(CCC(N)=O)n1Cc1ccco1)C(=O)NC1CC1. The second-order valence-corrected chi connectivity index (χ2v) is 7.38. The van der Waals surface area contributed by atoms with Crippen LogP contribution in [0.1, 0.15) is 37.8 Å². The van der Waals surface area contributed by atoms with Gasteiger partial charge in [-0.3, -0.25) is 14.2 Å². The quantitative estimate of drug-likeness (QED) is 0.645. The van der Waals surface area contributed by atoms with Gasteiger partial charge < -0.3 is 15.5 Å². The predicted octanol–water partition coefficient (Wildman–Crippen LogP) is 1.10. The van der Waals surface area contributed by atoms with Crippen LogP contribution in [0.2, 0.25) is 0 Å². The molecule has 9 heteroatoms. The van der Waals surface area contributed by atoms with Gasteiger partial charge in [-0.05, 0) is 31.9 Å². The summed E-state index contributed by atoms with van der Waals surface area (Å²) in [6, 6.07) is 3.99. The number of carbonyl (C=O) groups excluding carboxylic acids is 2. The molecule has 1 atom stereocenters.